The molecule has 5 heteroatoms. The number of thiocarbonyl (C=S) groups is 1. The zero-order chi connectivity index (χ0) is 13.5. The largest absolute Gasteiger partial charge is 0.455 e. The number of nitrogens with zero attached hydrogens (tertiary/aromatic N) is 1. The molecule has 1 heterocycles. The van der Waals surface area contributed by atoms with Crippen molar-refractivity contribution in [1.29, 1.82) is 0 Å². The highest BCUT2D eigenvalue weighted by molar-refractivity contribution is 7.80. The smallest absolute Gasteiger partial charge is 0.186 e. The minimum Gasteiger partial charge on any atom is -0.455 e. The van der Waals surface area contributed by atoms with Crippen LogP contribution in [0.3, 0.4) is 0 Å². The normalized spacial score (nSPS) is 10.6. The summed E-state index contributed by atoms with van der Waals surface area (Å²) in [6.45, 7) is 2.73. The molecule has 19 heavy (non-hydrogen) atoms. The molecule has 98 valence electrons. The lowest BCUT2D eigenvalue weighted by atomic mass is 10.2. The Kier molecular flexibility index (Phi) is 4.69. The molecular formula is C14H15N3OS. The average Bonchev–Trinajstić information content (AvgIpc) is 2.89. The van der Waals surface area contributed by atoms with Crippen molar-refractivity contribution in [3.8, 4) is 11.3 Å². The minimum atomic E-state index is 0.494. The first-order valence-electron chi connectivity index (χ1n) is 6.01. The van der Waals surface area contributed by atoms with E-state index in [0.29, 0.717) is 10.9 Å². The molecule has 0 aliphatic heterocycles. The number of hydrogen-bond acceptors (Lipinski definition) is 3. The van der Waals surface area contributed by atoms with Crippen molar-refractivity contribution in [2.24, 2.45) is 5.10 Å². The van der Waals surface area contributed by atoms with Gasteiger partial charge < -0.3 is 9.73 Å². The lowest BCUT2D eigenvalue weighted by Crippen LogP contribution is -2.31. The highest BCUT2D eigenvalue weighted by Gasteiger charge is 2.02. The summed E-state index contributed by atoms with van der Waals surface area (Å²) in [7, 11) is 0. The van der Waals surface area contributed by atoms with E-state index in [1.54, 1.807) is 6.21 Å². The van der Waals surface area contributed by atoms with Gasteiger partial charge >= 0.3 is 0 Å². The predicted octanol–water partition coefficient (Wildman–Crippen LogP) is 2.76. The van der Waals surface area contributed by atoms with Gasteiger partial charge in [0.25, 0.3) is 0 Å². The second-order valence-electron chi connectivity index (χ2n) is 3.80. The van der Waals surface area contributed by atoms with Crippen molar-refractivity contribution in [3.05, 3.63) is 48.2 Å². The third-order valence-electron chi connectivity index (χ3n) is 2.38. The maximum absolute atomic E-state index is 5.66. The van der Waals surface area contributed by atoms with Crippen LogP contribution in [-0.2, 0) is 0 Å². The second kappa shape index (κ2) is 6.70. The summed E-state index contributed by atoms with van der Waals surface area (Å²) in [5.41, 5.74) is 3.75. The SMILES string of the molecule is CCNC(=S)NN=Cc1ccc(-c2ccccc2)o1. The predicted molar refractivity (Wildman–Crippen MR) is 81.1 cm³/mol. The lowest BCUT2D eigenvalue weighted by molar-refractivity contribution is 0.574. The highest BCUT2D eigenvalue weighted by atomic mass is 32.1. The Bertz CT molecular complexity index is 563. The Morgan fingerprint density at radius 3 is 2.79 bits per heavy atom. The van der Waals surface area contributed by atoms with Gasteiger partial charge in [-0.05, 0) is 31.3 Å². The van der Waals surface area contributed by atoms with Crippen molar-refractivity contribution in [1.82, 2.24) is 10.7 Å². The van der Waals surface area contributed by atoms with E-state index >= 15 is 0 Å². The maximum Gasteiger partial charge on any atom is 0.186 e. The molecule has 0 radical (unpaired) electrons. The third-order valence-corrected chi connectivity index (χ3v) is 2.62. The van der Waals surface area contributed by atoms with Crippen LogP contribution in [0.15, 0.2) is 52.0 Å². The number of furan rings is 1. The van der Waals surface area contributed by atoms with Crippen molar-refractivity contribution in [2.75, 3.05) is 6.54 Å². The fraction of sp³-hybridized carbons (Fsp3) is 0.143. The van der Waals surface area contributed by atoms with E-state index in [4.69, 9.17) is 16.6 Å². The first-order chi connectivity index (χ1) is 9.29. The molecule has 0 unspecified atom stereocenters. The van der Waals surface area contributed by atoms with Gasteiger partial charge in [0.15, 0.2) is 5.11 Å². The fourth-order valence-corrected chi connectivity index (χ4v) is 1.73. The molecule has 0 spiro atoms. The van der Waals surface area contributed by atoms with E-state index in [1.165, 1.54) is 0 Å². The van der Waals surface area contributed by atoms with Crippen LogP contribution in [0.5, 0.6) is 0 Å². The Morgan fingerprint density at radius 2 is 2.05 bits per heavy atom. The summed E-state index contributed by atoms with van der Waals surface area (Å²) in [6.07, 6.45) is 1.59. The van der Waals surface area contributed by atoms with Gasteiger partial charge in [0.05, 0.1) is 6.21 Å². The molecule has 1 aromatic heterocycles. The molecule has 2 rings (SSSR count). The Hall–Kier alpha value is -2.14. The molecule has 0 saturated carbocycles. The van der Waals surface area contributed by atoms with Crippen LogP contribution in [-0.4, -0.2) is 17.9 Å². The van der Waals surface area contributed by atoms with E-state index in [0.717, 1.165) is 17.9 Å². The minimum absolute atomic E-state index is 0.494. The average molecular weight is 273 g/mol. The molecule has 0 saturated heterocycles. The summed E-state index contributed by atoms with van der Waals surface area (Å²) in [5, 5.41) is 7.43. The second-order valence-corrected chi connectivity index (χ2v) is 4.21. The number of benzene rings is 1. The zero-order valence-electron chi connectivity index (χ0n) is 10.6. The molecule has 2 N–H and O–H groups in total. The summed E-state index contributed by atoms with van der Waals surface area (Å²) in [4.78, 5) is 0. The summed E-state index contributed by atoms with van der Waals surface area (Å²) >= 11 is 4.98. The highest BCUT2D eigenvalue weighted by Crippen LogP contribution is 2.20. The molecule has 0 amide bonds. The summed E-state index contributed by atoms with van der Waals surface area (Å²) in [5.74, 6) is 1.49. The van der Waals surface area contributed by atoms with Gasteiger partial charge in [-0.2, -0.15) is 5.10 Å². The van der Waals surface area contributed by atoms with Gasteiger partial charge in [0.2, 0.25) is 0 Å². The number of hydrazone groups is 1. The molecule has 1 aromatic carbocycles. The molecule has 4 nitrogen and oxygen atoms in total. The van der Waals surface area contributed by atoms with Crippen LogP contribution in [0, 0.1) is 0 Å². The standard InChI is InChI=1S/C14H15N3OS/c1-2-15-14(19)17-16-10-12-8-9-13(18-12)11-6-4-3-5-7-11/h3-10H,2H2,1H3,(H2,15,17,19). The topological polar surface area (TPSA) is 49.6 Å². The number of hydrogen-bond donors (Lipinski definition) is 2. The first kappa shape index (κ1) is 13.3. The number of rotatable bonds is 4. The molecule has 0 aliphatic rings. The molecule has 0 aliphatic carbocycles. The fourth-order valence-electron chi connectivity index (χ4n) is 1.53. The van der Waals surface area contributed by atoms with E-state index < -0.39 is 0 Å². The maximum atomic E-state index is 5.66. The van der Waals surface area contributed by atoms with E-state index in [9.17, 15) is 0 Å². The molecule has 0 atom stereocenters. The lowest BCUT2D eigenvalue weighted by Gasteiger charge is -2.01. The summed E-state index contributed by atoms with van der Waals surface area (Å²) < 4.78 is 5.66. The van der Waals surface area contributed by atoms with E-state index in [-0.39, 0.29) is 0 Å². The van der Waals surface area contributed by atoms with Gasteiger partial charge in [-0.15, -0.1) is 0 Å². The molecule has 2 aromatic rings. The quantitative estimate of drug-likeness (QED) is 0.511. The molecular weight excluding hydrogens is 258 g/mol. The first-order valence-corrected chi connectivity index (χ1v) is 6.42. The van der Waals surface area contributed by atoms with Crippen molar-refractivity contribution in [2.45, 2.75) is 6.92 Å². The van der Waals surface area contributed by atoms with Crippen LogP contribution in [0.4, 0.5) is 0 Å². The summed E-state index contributed by atoms with van der Waals surface area (Å²) in [6, 6.07) is 13.7. The van der Waals surface area contributed by atoms with Gasteiger partial charge in [-0.1, -0.05) is 30.3 Å². The van der Waals surface area contributed by atoms with E-state index in [2.05, 4.69) is 15.8 Å². The van der Waals surface area contributed by atoms with Crippen molar-refractivity contribution >= 4 is 23.5 Å². The monoisotopic (exact) mass is 273 g/mol. The van der Waals surface area contributed by atoms with Gasteiger partial charge in [0.1, 0.15) is 11.5 Å². The van der Waals surface area contributed by atoms with Crippen LogP contribution >= 0.6 is 12.2 Å². The Balaban J connectivity index is 1.98. The molecule has 0 fully saturated rings. The van der Waals surface area contributed by atoms with E-state index in [1.807, 2.05) is 49.4 Å². The van der Waals surface area contributed by atoms with Crippen molar-refractivity contribution in [3.63, 3.8) is 0 Å². The van der Waals surface area contributed by atoms with Crippen molar-refractivity contribution < 1.29 is 4.42 Å². The number of nitrogens with one attached hydrogen (secondary N) is 2. The van der Waals surface area contributed by atoms with Crippen LogP contribution in [0.25, 0.3) is 11.3 Å². The third kappa shape index (κ3) is 3.93. The Labute approximate surface area is 117 Å². The van der Waals surface area contributed by atoms with Gasteiger partial charge in [-0.25, -0.2) is 0 Å². The van der Waals surface area contributed by atoms with Crippen LogP contribution in [0.1, 0.15) is 12.7 Å². The van der Waals surface area contributed by atoms with Crippen LogP contribution in [0.2, 0.25) is 0 Å². The van der Waals surface area contributed by atoms with Gasteiger partial charge in [0, 0.05) is 12.1 Å². The van der Waals surface area contributed by atoms with Crippen LogP contribution < -0.4 is 10.7 Å². The molecule has 0 bridgehead atoms. The zero-order valence-corrected chi connectivity index (χ0v) is 11.4. The van der Waals surface area contributed by atoms with Gasteiger partial charge in [-0.3, -0.25) is 5.43 Å². The Morgan fingerprint density at radius 1 is 1.26 bits per heavy atom.